The van der Waals surface area contributed by atoms with E-state index in [2.05, 4.69) is 40.7 Å². The molecule has 4 rings (SSSR count). The number of hydrogen-bond donors (Lipinski definition) is 2. The lowest BCUT2D eigenvalue weighted by Gasteiger charge is -2.27. The standard InChI is InChI=1S/C26H28N4O2/c1-30(2)13-5-8-21-15-20(19-6-3-4-7-19)10-11-22(21)29-26(31)25-17-28-23-14-18(16-27)9-12-24(23)32-25/h9-12,14-15,19,25,28H,3-4,6-7,13,17H2,1-2H3,(H,29,31). The monoisotopic (exact) mass is 428 g/mol. The molecule has 1 fully saturated rings. The molecule has 0 aromatic heterocycles. The van der Waals surface area contributed by atoms with Gasteiger partial charge in [-0.05, 0) is 68.8 Å². The average molecular weight is 429 g/mol. The lowest BCUT2D eigenvalue weighted by Crippen LogP contribution is -2.41. The predicted octanol–water partition coefficient (Wildman–Crippen LogP) is 3.94. The molecule has 164 valence electrons. The second kappa shape index (κ2) is 9.77. The maximum Gasteiger partial charge on any atom is 0.267 e. The van der Waals surface area contributed by atoms with Crippen LogP contribution in [0.2, 0.25) is 0 Å². The number of fused-ring (bicyclic) bond motifs is 1. The van der Waals surface area contributed by atoms with E-state index in [0.29, 0.717) is 36.0 Å². The topological polar surface area (TPSA) is 77.4 Å². The van der Waals surface area contributed by atoms with Gasteiger partial charge < -0.3 is 15.4 Å². The largest absolute Gasteiger partial charge is 0.477 e. The highest BCUT2D eigenvalue weighted by Crippen LogP contribution is 2.35. The van der Waals surface area contributed by atoms with E-state index in [9.17, 15) is 4.79 Å². The van der Waals surface area contributed by atoms with Crippen LogP contribution in [0.5, 0.6) is 5.75 Å². The zero-order chi connectivity index (χ0) is 22.5. The van der Waals surface area contributed by atoms with Crippen LogP contribution in [0, 0.1) is 23.2 Å². The summed E-state index contributed by atoms with van der Waals surface area (Å²) in [5.74, 6) is 7.36. The van der Waals surface area contributed by atoms with Gasteiger partial charge in [-0.15, -0.1) is 0 Å². The van der Waals surface area contributed by atoms with Gasteiger partial charge in [-0.25, -0.2) is 0 Å². The summed E-state index contributed by atoms with van der Waals surface area (Å²) < 4.78 is 5.90. The Bertz CT molecular complexity index is 1100. The van der Waals surface area contributed by atoms with Crippen molar-refractivity contribution < 1.29 is 9.53 Å². The Kier molecular flexibility index (Phi) is 6.63. The Hall–Kier alpha value is -3.48. The first kappa shape index (κ1) is 21.7. The fourth-order valence-electron chi connectivity index (χ4n) is 4.18. The molecule has 1 atom stereocenters. The number of nitrogens with zero attached hydrogens (tertiary/aromatic N) is 2. The van der Waals surface area contributed by atoms with Crippen LogP contribution in [0.25, 0.3) is 0 Å². The van der Waals surface area contributed by atoms with Crippen LogP contribution < -0.4 is 15.4 Å². The van der Waals surface area contributed by atoms with E-state index in [1.54, 1.807) is 18.2 Å². The minimum absolute atomic E-state index is 0.225. The molecule has 6 heteroatoms. The Morgan fingerprint density at radius 2 is 2.03 bits per heavy atom. The maximum absolute atomic E-state index is 13.0. The highest BCUT2D eigenvalue weighted by Gasteiger charge is 2.27. The van der Waals surface area contributed by atoms with Crippen LogP contribution in [0.1, 0.15) is 48.3 Å². The maximum atomic E-state index is 13.0. The van der Waals surface area contributed by atoms with Gasteiger partial charge in [0.25, 0.3) is 5.91 Å². The summed E-state index contributed by atoms with van der Waals surface area (Å²) in [6.45, 7) is 0.980. The van der Waals surface area contributed by atoms with E-state index in [-0.39, 0.29) is 5.91 Å². The quantitative estimate of drug-likeness (QED) is 0.722. The highest BCUT2D eigenvalue weighted by molar-refractivity contribution is 5.96. The van der Waals surface area contributed by atoms with Crippen molar-refractivity contribution in [2.45, 2.75) is 37.7 Å². The smallest absolute Gasteiger partial charge is 0.267 e. The Morgan fingerprint density at radius 3 is 2.78 bits per heavy atom. The molecule has 0 saturated heterocycles. The Labute approximate surface area is 189 Å². The molecule has 1 aliphatic carbocycles. The van der Waals surface area contributed by atoms with Crippen molar-refractivity contribution >= 4 is 17.3 Å². The predicted molar refractivity (Wildman–Crippen MR) is 126 cm³/mol. The van der Waals surface area contributed by atoms with Crippen molar-refractivity contribution in [3.05, 3.63) is 53.1 Å². The van der Waals surface area contributed by atoms with E-state index in [1.165, 1.54) is 31.2 Å². The number of hydrogen-bond acceptors (Lipinski definition) is 5. The number of carbonyl (C=O) groups excluding carboxylic acids is 1. The number of benzene rings is 2. The molecule has 1 aliphatic heterocycles. The van der Waals surface area contributed by atoms with Crippen LogP contribution in [-0.2, 0) is 4.79 Å². The molecule has 1 amide bonds. The van der Waals surface area contributed by atoms with Crippen LogP contribution in [0.3, 0.4) is 0 Å². The second-order valence-electron chi connectivity index (χ2n) is 8.63. The first-order valence-corrected chi connectivity index (χ1v) is 11.1. The summed E-state index contributed by atoms with van der Waals surface area (Å²) in [7, 11) is 3.97. The minimum atomic E-state index is -0.674. The molecule has 1 saturated carbocycles. The lowest BCUT2D eigenvalue weighted by atomic mass is 9.95. The molecular formula is C26H28N4O2. The molecule has 6 nitrogen and oxygen atoms in total. The van der Waals surface area contributed by atoms with Crippen molar-refractivity contribution in [1.82, 2.24) is 4.90 Å². The van der Waals surface area contributed by atoms with Gasteiger partial charge in [-0.3, -0.25) is 9.69 Å². The third-order valence-electron chi connectivity index (χ3n) is 5.89. The third kappa shape index (κ3) is 5.04. The number of amides is 1. The van der Waals surface area contributed by atoms with Crippen molar-refractivity contribution in [1.29, 1.82) is 5.26 Å². The summed E-state index contributed by atoms with van der Waals surface area (Å²) in [6, 6.07) is 13.4. The molecule has 2 N–H and O–H groups in total. The van der Waals surface area contributed by atoms with Gasteiger partial charge >= 0.3 is 0 Å². The molecule has 2 aromatic carbocycles. The first-order chi connectivity index (χ1) is 15.5. The zero-order valence-electron chi connectivity index (χ0n) is 18.6. The molecule has 1 unspecified atom stereocenters. The third-order valence-corrected chi connectivity index (χ3v) is 5.89. The summed E-state index contributed by atoms with van der Waals surface area (Å²) in [5.41, 5.74) is 4.12. The summed E-state index contributed by atoms with van der Waals surface area (Å²) >= 11 is 0. The zero-order valence-corrected chi connectivity index (χ0v) is 18.6. The van der Waals surface area contributed by atoms with Gasteiger partial charge in [0.2, 0.25) is 0 Å². The van der Waals surface area contributed by atoms with Gasteiger partial charge in [0, 0.05) is 5.56 Å². The highest BCUT2D eigenvalue weighted by atomic mass is 16.5. The second-order valence-corrected chi connectivity index (χ2v) is 8.63. The molecule has 1 heterocycles. The summed E-state index contributed by atoms with van der Waals surface area (Å²) in [6.07, 6.45) is 4.30. The number of ether oxygens (including phenoxy) is 1. The van der Waals surface area contributed by atoms with E-state index in [1.807, 2.05) is 25.1 Å². The van der Waals surface area contributed by atoms with Crippen molar-refractivity contribution in [3.8, 4) is 23.7 Å². The number of nitriles is 1. The van der Waals surface area contributed by atoms with Crippen molar-refractivity contribution in [2.24, 2.45) is 0 Å². The Balaban J connectivity index is 1.52. The van der Waals surface area contributed by atoms with E-state index < -0.39 is 6.10 Å². The average Bonchev–Trinajstić information content (AvgIpc) is 3.34. The van der Waals surface area contributed by atoms with Crippen LogP contribution in [0.15, 0.2) is 36.4 Å². The van der Waals surface area contributed by atoms with E-state index in [4.69, 9.17) is 10.00 Å². The minimum Gasteiger partial charge on any atom is -0.477 e. The molecule has 32 heavy (non-hydrogen) atoms. The summed E-state index contributed by atoms with van der Waals surface area (Å²) in [4.78, 5) is 15.0. The van der Waals surface area contributed by atoms with Gasteiger partial charge in [0.15, 0.2) is 6.10 Å². The molecule has 2 aliphatic rings. The van der Waals surface area contributed by atoms with Crippen LogP contribution >= 0.6 is 0 Å². The van der Waals surface area contributed by atoms with Crippen LogP contribution in [0.4, 0.5) is 11.4 Å². The number of carbonyl (C=O) groups is 1. The molecule has 0 spiro atoms. The van der Waals surface area contributed by atoms with Gasteiger partial charge in [-0.1, -0.05) is 30.7 Å². The fraction of sp³-hybridized carbons (Fsp3) is 0.385. The molecular weight excluding hydrogens is 400 g/mol. The number of nitrogens with one attached hydrogen (secondary N) is 2. The van der Waals surface area contributed by atoms with Crippen LogP contribution in [-0.4, -0.2) is 44.1 Å². The van der Waals surface area contributed by atoms with E-state index in [0.717, 1.165) is 11.3 Å². The molecule has 0 bridgehead atoms. The lowest BCUT2D eigenvalue weighted by molar-refractivity contribution is -0.122. The van der Waals surface area contributed by atoms with Gasteiger partial charge in [0.05, 0.1) is 36.1 Å². The SMILES string of the molecule is CN(C)CC#Cc1cc(C2CCCC2)ccc1NC(=O)C1CNc2cc(C#N)ccc2O1. The number of rotatable bonds is 4. The fourth-order valence-corrected chi connectivity index (χ4v) is 4.18. The normalized spacial score (nSPS) is 17.4. The van der Waals surface area contributed by atoms with E-state index >= 15 is 0 Å². The van der Waals surface area contributed by atoms with Gasteiger partial charge in [-0.2, -0.15) is 5.26 Å². The molecule has 0 radical (unpaired) electrons. The number of anilines is 2. The van der Waals surface area contributed by atoms with Crippen molar-refractivity contribution in [2.75, 3.05) is 37.8 Å². The van der Waals surface area contributed by atoms with Gasteiger partial charge in [0.1, 0.15) is 5.75 Å². The summed E-state index contributed by atoms with van der Waals surface area (Å²) in [5, 5.41) is 15.3. The first-order valence-electron chi connectivity index (χ1n) is 11.1. The molecule has 2 aromatic rings. The van der Waals surface area contributed by atoms with Crippen molar-refractivity contribution in [3.63, 3.8) is 0 Å². The Morgan fingerprint density at radius 1 is 1.22 bits per heavy atom.